The topological polar surface area (TPSA) is 63.8 Å². The lowest BCUT2D eigenvalue weighted by molar-refractivity contribution is 0.549. The monoisotopic (exact) mass is 214 g/mol. The predicted molar refractivity (Wildman–Crippen MR) is 62.2 cm³/mol. The number of hydrogen-bond acceptors (Lipinski definition) is 4. The van der Waals surface area contributed by atoms with E-state index in [1.165, 1.54) is 0 Å². The lowest BCUT2D eigenvalue weighted by atomic mass is 10.0. The number of hydrogen-bond donors (Lipinski definition) is 2. The van der Waals surface area contributed by atoms with Crippen LogP contribution in [0.5, 0.6) is 0 Å². The van der Waals surface area contributed by atoms with Gasteiger partial charge < -0.3 is 0 Å². The van der Waals surface area contributed by atoms with Crippen molar-refractivity contribution in [2.24, 2.45) is 5.84 Å². The molecule has 2 heterocycles. The zero-order valence-corrected chi connectivity index (χ0v) is 8.88. The Hall–Kier alpha value is -1.78. The van der Waals surface area contributed by atoms with E-state index in [0.29, 0.717) is 0 Å². The van der Waals surface area contributed by atoms with Gasteiger partial charge in [0.1, 0.15) is 0 Å². The summed E-state index contributed by atoms with van der Waals surface area (Å²) in [5.74, 6) is 5.55. The minimum absolute atomic E-state index is 0.0675. The molecular formula is C12H14N4. The fourth-order valence-electron chi connectivity index (χ4n) is 1.61. The normalized spacial score (nSPS) is 12.3. The molecule has 82 valence electrons. The average molecular weight is 214 g/mol. The molecule has 0 saturated heterocycles. The highest BCUT2D eigenvalue weighted by molar-refractivity contribution is 5.18. The van der Waals surface area contributed by atoms with Gasteiger partial charge in [-0.1, -0.05) is 12.1 Å². The molecule has 3 N–H and O–H groups in total. The number of pyridine rings is 2. The Morgan fingerprint density at radius 2 is 1.88 bits per heavy atom. The SMILES string of the molecule is NNC(Cc1cccnc1)c1cccnc1. The van der Waals surface area contributed by atoms with Gasteiger partial charge in [0, 0.05) is 24.8 Å². The van der Waals surface area contributed by atoms with Crippen LogP contribution in [-0.4, -0.2) is 9.97 Å². The van der Waals surface area contributed by atoms with Gasteiger partial charge in [-0.15, -0.1) is 0 Å². The maximum absolute atomic E-state index is 5.55. The highest BCUT2D eigenvalue weighted by atomic mass is 15.2. The number of nitrogens with one attached hydrogen (secondary N) is 1. The van der Waals surface area contributed by atoms with Crippen LogP contribution in [0.2, 0.25) is 0 Å². The molecule has 1 unspecified atom stereocenters. The zero-order chi connectivity index (χ0) is 11.2. The van der Waals surface area contributed by atoms with Crippen LogP contribution >= 0.6 is 0 Å². The van der Waals surface area contributed by atoms with Crippen molar-refractivity contribution in [3.63, 3.8) is 0 Å². The zero-order valence-electron chi connectivity index (χ0n) is 8.88. The first-order valence-electron chi connectivity index (χ1n) is 5.15. The van der Waals surface area contributed by atoms with E-state index in [4.69, 9.17) is 5.84 Å². The molecule has 0 amide bonds. The molecular weight excluding hydrogens is 200 g/mol. The Morgan fingerprint density at radius 3 is 2.44 bits per heavy atom. The molecule has 4 heteroatoms. The summed E-state index contributed by atoms with van der Waals surface area (Å²) in [4.78, 5) is 8.17. The van der Waals surface area contributed by atoms with Crippen molar-refractivity contribution in [3.8, 4) is 0 Å². The molecule has 0 saturated carbocycles. The van der Waals surface area contributed by atoms with Gasteiger partial charge in [0.25, 0.3) is 0 Å². The summed E-state index contributed by atoms with van der Waals surface area (Å²) < 4.78 is 0. The van der Waals surface area contributed by atoms with Crippen molar-refractivity contribution >= 4 is 0 Å². The van der Waals surface area contributed by atoms with Crippen LogP contribution in [0.4, 0.5) is 0 Å². The Morgan fingerprint density at radius 1 is 1.12 bits per heavy atom. The van der Waals surface area contributed by atoms with Crippen LogP contribution in [0.3, 0.4) is 0 Å². The summed E-state index contributed by atoms with van der Waals surface area (Å²) in [5.41, 5.74) is 5.02. The lowest BCUT2D eigenvalue weighted by Gasteiger charge is -2.15. The Kier molecular flexibility index (Phi) is 3.58. The number of aromatic nitrogens is 2. The Bertz CT molecular complexity index is 416. The molecule has 1 atom stereocenters. The van der Waals surface area contributed by atoms with Gasteiger partial charge in [0.2, 0.25) is 0 Å². The minimum atomic E-state index is 0.0675. The van der Waals surface area contributed by atoms with E-state index < -0.39 is 0 Å². The average Bonchev–Trinajstić information content (AvgIpc) is 2.38. The third-order valence-corrected chi connectivity index (χ3v) is 2.45. The van der Waals surface area contributed by atoms with Gasteiger partial charge >= 0.3 is 0 Å². The van der Waals surface area contributed by atoms with Crippen LogP contribution < -0.4 is 11.3 Å². The van der Waals surface area contributed by atoms with Crippen molar-refractivity contribution in [1.29, 1.82) is 0 Å². The molecule has 0 aliphatic carbocycles. The van der Waals surface area contributed by atoms with E-state index in [2.05, 4.69) is 15.4 Å². The van der Waals surface area contributed by atoms with Crippen LogP contribution in [0.15, 0.2) is 49.1 Å². The highest BCUT2D eigenvalue weighted by Gasteiger charge is 2.10. The second kappa shape index (κ2) is 5.34. The van der Waals surface area contributed by atoms with Crippen LogP contribution in [0, 0.1) is 0 Å². The Balaban J connectivity index is 2.13. The molecule has 0 aliphatic heterocycles. The first kappa shape index (κ1) is 10.7. The molecule has 0 spiro atoms. The second-order valence-corrected chi connectivity index (χ2v) is 3.57. The van der Waals surface area contributed by atoms with Gasteiger partial charge in [0.05, 0.1) is 6.04 Å². The summed E-state index contributed by atoms with van der Waals surface area (Å²) in [6.45, 7) is 0. The van der Waals surface area contributed by atoms with E-state index in [-0.39, 0.29) is 6.04 Å². The molecule has 0 fully saturated rings. The van der Waals surface area contributed by atoms with Gasteiger partial charge in [-0.05, 0) is 29.7 Å². The molecule has 2 aromatic rings. The van der Waals surface area contributed by atoms with Crippen molar-refractivity contribution in [3.05, 3.63) is 60.2 Å². The lowest BCUT2D eigenvalue weighted by Crippen LogP contribution is -2.29. The standard InChI is InChI=1S/C12H14N4/c13-16-12(11-4-2-6-15-9-11)7-10-3-1-5-14-8-10/h1-6,8-9,12,16H,7,13H2. The molecule has 2 rings (SSSR count). The van der Waals surface area contributed by atoms with Gasteiger partial charge in [-0.25, -0.2) is 0 Å². The van der Waals surface area contributed by atoms with E-state index >= 15 is 0 Å². The number of hydrazine groups is 1. The van der Waals surface area contributed by atoms with E-state index in [0.717, 1.165) is 17.5 Å². The van der Waals surface area contributed by atoms with Crippen molar-refractivity contribution in [1.82, 2.24) is 15.4 Å². The number of rotatable bonds is 4. The van der Waals surface area contributed by atoms with Crippen LogP contribution in [0.1, 0.15) is 17.2 Å². The molecule has 4 nitrogen and oxygen atoms in total. The predicted octanol–water partition coefficient (Wildman–Crippen LogP) is 1.22. The first-order chi connectivity index (χ1) is 7.90. The van der Waals surface area contributed by atoms with Crippen LogP contribution in [-0.2, 0) is 6.42 Å². The minimum Gasteiger partial charge on any atom is -0.271 e. The fourth-order valence-corrected chi connectivity index (χ4v) is 1.61. The highest BCUT2D eigenvalue weighted by Crippen LogP contribution is 2.15. The molecule has 0 radical (unpaired) electrons. The third kappa shape index (κ3) is 2.62. The maximum Gasteiger partial charge on any atom is 0.0516 e. The van der Waals surface area contributed by atoms with Gasteiger partial charge in [0.15, 0.2) is 0 Å². The summed E-state index contributed by atoms with van der Waals surface area (Å²) in [5, 5.41) is 0. The maximum atomic E-state index is 5.55. The van der Waals surface area contributed by atoms with Crippen LogP contribution in [0.25, 0.3) is 0 Å². The quantitative estimate of drug-likeness (QED) is 0.593. The van der Waals surface area contributed by atoms with Crippen molar-refractivity contribution in [2.45, 2.75) is 12.5 Å². The molecule has 0 aromatic carbocycles. The number of nitrogens with two attached hydrogens (primary N) is 1. The van der Waals surface area contributed by atoms with Crippen molar-refractivity contribution < 1.29 is 0 Å². The van der Waals surface area contributed by atoms with E-state index in [9.17, 15) is 0 Å². The largest absolute Gasteiger partial charge is 0.271 e. The Labute approximate surface area is 94.5 Å². The summed E-state index contributed by atoms with van der Waals surface area (Å²) >= 11 is 0. The molecule has 16 heavy (non-hydrogen) atoms. The van der Waals surface area contributed by atoms with E-state index in [1.807, 2.05) is 36.7 Å². The summed E-state index contributed by atoms with van der Waals surface area (Å²) in [6, 6.07) is 7.94. The summed E-state index contributed by atoms with van der Waals surface area (Å²) in [7, 11) is 0. The first-order valence-corrected chi connectivity index (χ1v) is 5.15. The molecule has 0 bridgehead atoms. The smallest absolute Gasteiger partial charge is 0.0516 e. The van der Waals surface area contributed by atoms with E-state index in [1.54, 1.807) is 12.4 Å². The molecule has 2 aromatic heterocycles. The third-order valence-electron chi connectivity index (χ3n) is 2.45. The second-order valence-electron chi connectivity index (χ2n) is 3.57. The number of nitrogens with zero attached hydrogens (tertiary/aromatic N) is 2. The van der Waals surface area contributed by atoms with Gasteiger partial charge in [-0.2, -0.15) is 0 Å². The summed E-state index contributed by atoms with van der Waals surface area (Å²) in [6.07, 6.45) is 7.98. The molecule has 0 aliphatic rings. The van der Waals surface area contributed by atoms with Gasteiger partial charge in [-0.3, -0.25) is 21.2 Å². The van der Waals surface area contributed by atoms with Crippen molar-refractivity contribution in [2.75, 3.05) is 0 Å². The fraction of sp³-hybridized carbons (Fsp3) is 0.167.